The minimum atomic E-state index is -0.269. The number of ether oxygens (including phenoxy) is 1. The Hall–Kier alpha value is -1.17. The highest BCUT2D eigenvalue weighted by Crippen LogP contribution is 2.17. The Kier molecular flexibility index (Phi) is 5.13. The maximum atomic E-state index is 12.0. The monoisotopic (exact) mass is 325 g/mol. The Balaban J connectivity index is 1.99. The van der Waals surface area contributed by atoms with Gasteiger partial charge in [-0.2, -0.15) is 0 Å². The summed E-state index contributed by atoms with van der Waals surface area (Å²) in [6.45, 7) is 1.42. The molecule has 1 fully saturated rings. The molecule has 2 rings (SSSR count). The van der Waals surface area contributed by atoms with Crippen LogP contribution >= 0.6 is 15.9 Å². The van der Waals surface area contributed by atoms with Gasteiger partial charge in [-0.3, -0.25) is 4.79 Å². The maximum absolute atomic E-state index is 12.0. The highest BCUT2D eigenvalue weighted by molar-refractivity contribution is 9.10. The zero-order valence-electron chi connectivity index (χ0n) is 10.5. The van der Waals surface area contributed by atoms with Gasteiger partial charge in [0.2, 0.25) is 5.91 Å². The fourth-order valence-corrected chi connectivity index (χ4v) is 2.32. The van der Waals surface area contributed by atoms with Crippen LogP contribution in [0.3, 0.4) is 0 Å². The van der Waals surface area contributed by atoms with E-state index in [1.165, 1.54) is 0 Å². The van der Waals surface area contributed by atoms with Crippen LogP contribution in [0.1, 0.15) is 5.56 Å². The molecule has 1 saturated heterocycles. The van der Waals surface area contributed by atoms with Gasteiger partial charge in [0, 0.05) is 23.6 Å². The van der Waals surface area contributed by atoms with Crippen molar-refractivity contribution in [2.45, 2.75) is 6.10 Å². The Morgan fingerprint density at radius 2 is 2.32 bits per heavy atom. The van der Waals surface area contributed by atoms with Gasteiger partial charge in [0.05, 0.1) is 19.3 Å². The molecule has 1 heterocycles. The summed E-state index contributed by atoms with van der Waals surface area (Å²) in [5.41, 5.74) is 0.961. The van der Waals surface area contributed by atoms with Crippen molar-refractivity contribution >= 4 is 27.9 Å². The molecule has 0 bridgehead atoms. The molecule has 102 valence electrons. The molecule has 1 aliphatic rings. The minimum Gasteiger partial charge on any atom is -0.394 e. The van der Waals surface area contributed by atoms with Gasteiger partial charge in [-0.25, -0.2) is 0 Å². The lowest BCUT2D eigenvalue weighted by molar-refractivity contribution is -0.134. The van der Waals surface area contributed by atoms with E-state index in [2.05, 4.69) is 15.9 Å². The topological polar surface area (TPSA) is 49.8 Å². The molecular weight excluding hydrogens is 310 g/mol. The quantitative estimate of drug-likeness (QED) is 0.860. The Bertz CT molecular complexity index is 476. The van der Waals surface area contributed by atoms with E-state index >= 15 is 0 Å². The van der Waals surface area contributed by atoms with Gasteiger partial charge >= 0.3 is 0 Å². The first-order chi connectivity index (χ1) is 9.20. The number of aliphatic hydroxyl groups excluding tert-OH is 1. The second-order valence-corrected chi connectivity index (χ2v) is 5.17. The van der Waals surface area contributed by atoms with Gasteiger partial charge < -0.3 is 14.7 Å². The van der Waals surface area contributed by atoms with Crippen LogP contribution in [0.2, 0.25) is 0 Å². The number of benzene rings is 1. The highest BCUT2D eigenvalue weighted by Gasteiger charge is 2.22. The third-order valence-electron chi connectivity index (χ3n) is 2.96. The fraction of sp³-hybridized carbons (Fsp3) is 0.357. The van der Waals surface area contributed by atoms with Crippen molar-refractivity contribution in [3.63, 3.8) is 0 Å². The third kappa shape index (κ3) is 3.89. The summed E-state index contributed by atoms with van der Waals surface area (Å²) in [7, 11) is 0. The number of hydrogen-bond acceptors (Lipinski definition) is 3. The van der Waals surface area contributed by atoms with E-state index in [9.17, 15) is 4.79 Å². The van der Waals surface area contributed by atoms with E-state index in [4.69, 9.17) is 9.84 Å². The summed E-state index contributed by atoms with van der Waals surface area (Å²) >= 11 is 3.43. The summed E-state index contributed by atoms with van der Waals surface area (Å²) in [5.74, 6) is -0.0579. The molecule has 5 heteroatoms. The Morgan fingerprint density at radius 1 is 1.53 bits per heavy atom. The smallest absolute Gasteiger partial charge is 0.246 e. The van der Waals surface area contributed by atoms with Gasteiger partial charge in [0.1, 0.15) is 0 Å². The lowest BCUT2D eigenvalue weighted by Gasteiger charge is -2.31. The van der Waals surface area contributed by atoms with E-state index in [1.54, 1.807) is 17.1 Å². The fourth-order valence-electron chi connectivity index (χ4n) is 1.91. The second-order valence-electron chi connectivity index (χ2n) is 4.31. The van der Waals surface area contributed by atoms with Gasteiger partial charge in [0.15, 0.2) is 0 Å². The summed E-state index contributed by atoms with van der Waals surface area (Å²) in [4.78, 5) is 13.7. The molecule has 1 atom stereocenters. The summed E-state index contributed by atoms with van der Waals surface area (Å²) in [5, 5.41) is 9.05. The Morgan fingerprint density at radius 3 is 3.05 bits per heavy atom. The van der Waals surface area contributed by atoms with Crippen LogP contribution in [-0.4, -0.2) is 48.3 Å². The van der Waals surface area contributed by atoms with Crippen LogP contribution in [0.4, 0.5) is 0 Å². The molecule has 1 aromatic carbocycles. The normalized spacial score (nSPS) is 19.9. The number of carbonyl (C=O) groups excluding carboxylic acids is 1. The summed E-state index contributed by atoms with van der Waals surface area (Å²) < 4.78 is 6.27. The van der Waals surface area contributed by atoms with E-state index < -0.39 is 0 Å². The predicted molar refractivity (Wildman–Crippen MR) is 76.6 cm³/mol. The maximum Gasteiger partial charge on any atom is 0.246 e. The molecule has 1 unspecified atom stereocenters. The predicted octanol–water partition coefficient (Wildman–Crippen LogP) is 1.68. The number of hydrogen-bond donors (Lipinski definition) is 1. The minimum absolute atomic E-state index is 0.0578. The number of amides is 1. The molecular formula is C14H16BrNO3. The Labute approximate surface area is 120 Å². The number of morpholine rings is 1. The number of rotatable bonds is 3. The first-order valence-electron chi connectivity index (χ1n) is 6.14. The molecule has 1 N–H and O–H groups in total. The first-order valence-corrected chi connectivity index (χ1v) is 6.94. The average molecular weight is 326 g/mol. The SMILES string of the molecule is O=C(/C=C/c1ccccc1Br)N1CCOC(CO)C1. The highest BCUT2D eigenvalue weighted by atomic mass is 79.9. The van der Waals surface area contributed by atoms with E-state index in [1.807, 2.05) is 24.3 Å². The van der Waals surface area contributed by atoms with E-state index in [-0.39, 0.29) is 18.6 Å². The van der Waals surface area contributed by atoms with Crippen LogP contribution < -0.4 is 0 Å². The van der Waals surface area contributed by atoms with Crippen molar-refractivity contribution in [1.82, 2.24) is 4.90 Å². The molecule has 0 spiro atoms. The van der Waals surface area contributed by atoms with Crippen LogP contribution in [0.5, 0.6) is 0 Å². The van der Waals surface area contributed by atoms with Gasteiger partial charge in [0.25, 0.3) is 0 Å². The second kappa shape index (κ2) is 6.84. The molecule has 0 saturated carbocycles. The van der Waals surface area contributed by atoms with Crippen molar-refractivity contribution in [3.05, 3.63) is 40.4 Å². The lowest BCUT2D eigenvalue weighted by Crippen LogP contribution is -2.46. The zero-order chi connectivity index (χ0) is 13.7. The molecule has 1 aliphatic heterocycles. The molecule has 4 nitrogen and oxygen atoms in total. The molecule has 19 heavy (non-hydrogen) atoms. The molecule has 0 radical (unpaired) electrons. The van der Waals surface area contributed by atoms with Crippen LogP contribution in [0.15, 0.2) is 34.8 Å². The molecule has 0 aromatic heterocycles. The largest absolute Gasteiger partial charge is 0.394 e. The third-order valence-corrected chi connectivity index (χ3v) is 3.69. The van der Waals surface area contributed by atoms with Crippen molar-refractivity contribution in [3.8, 4) is 0 Å². The summed E-state index contributed by atoms with van der Waals surface area (Å²) in [6, 6.07) is 7.72. The molecule has 1 aromatic rings. The van der Waals surface area contributed by atoms with E-state index in [0.29, 0.717) is 19.7 Å². The molecule has 0 aliphatic carbocycles. The van der Waals surface area contributed by atoms with Gasteiger partial charge in [-0.05, 0) is 17.7 Å². The number of nitrogens with zero attached hydrogens (tertiary/aromatic N) is 1. The molecule has 1 amide bonds. The average Bonchev–Trinajstić information content (AvgIpc) is 2.46. The standard InChI is InChI=1S/C14H16BrNO3/c15-13-4-2-1-3-11(13)5-6-14(18)16-7-8-19-12(9-16)10-17/h1-6,12,17H,7-10H2/b6-5+. The van der Waals surface area contributed by atoms with Crippen LogP contribution in [-0.2, 0) is 9.53 Å². The lowest BCUT2D eigenvalue weighted by atomic mass is 10.2. The van der Waals surface area contributed by atoms with E-state index in [0.717, 1.165) is 10.0 Å². The van der Waals surface area contributed by atoms with Crippen molar-refractivity contribution < 1.29 is 14.6 Å². The van der Waals surface area contributed by atoms with Gasteiger partial charge in [-0.1, -0.05) is 34.1 Å². The summed E-state index contributed by atoms with van der Waals surface area (Å²) in [6.07, 6.45) is 3.07. The van der Waals surface area contributed by atoms with Gasteiger partial charge in [-0.15, -0.1) is 0 Å². The van der Waals surface area contributed by atoms with Crippen molar-refractivity contribution in [2.24, 2.45) is 0 Å². The van der Waals surface area contributed by atoms with Crippen LogP contribution in [0.25, 0.3) is 6.08 Å². The van der Waals surface area contributed by atoms with Crippen molar-refractivity contribution in [1.29, 1.82) is 0 Å². The number of carbonyl (C=O) groups is 1. The van der Waals surface area contributed by atoms with Crippen molar-refractivity contribution in [2.75, 3.05) is 26.3 Å². The number of halogens is 1. The van der Waals surface area contributed by atoms with Crippen LogP contribution in [0, 0.1) is 0 Å². The first kappa shape index (κ1) is 14.2. The zero-order valence-corrected chi connectivity index (χ0v) is 12.0. The number of aliphatic hydroxyl groups is 1.